The molecule has 2 aromatic rings. The third-order valence-corrected chi connectivity index (χ3v) is 4.59. The standard InChI is InChI=1S/C17H19N5O2/c1-11(23)18-15-10-16-21(7-8-22(16)19-15)13-4-5-14-12(9-13)3-6-17(24)20(14)2/h4-5,9-10H,3,6-8H2,1-2H3,(H,18,19,23). The molecule has 4 rings (SSSR count). The minimum absolute atomic E-state index is 0.125. The minimum Gasteiger partial charge on any atom is -0.325 e. The van der Waals surface area contributed by atoms with E-state index in [0.29, 0.717) is 12.2 Å². The topological polar surface area (TPSA) is 70.5 Å². The van der Waals surface area contributed by atoms with E-state index >= 15 is 0 Å². The van der Waals surface area contributed by atoms with Crippen molar-refractivity contribution in [3.63, 3.8) is 0 Å². The fourth-order valence-corrected chi connectivity index (χ4v) is 3.41. The lowest BCUT2D eigenvalue weighted by Crippen LogP contribution is -2.31. The maximum absolute atomic E-state index is 11.8. The summed E-state index contributed by atoms with van der Waals surface area (Å²) in [6, 6.07) is 8.09. The zero-order chi connectivity index (χ0) is 16.8. The number of aryl methyl sites for hydroxylation is 1. The molecule has 1 N–H and O–H groups in total. The molecule has 124 valence electrons. The maximum Gasteiger partial charge on any atom is 0.227 e. The summed E-state index contributed by atoms with van der Waals surface area (Å²) in [4.78, 5) is 26.9. The van der Waals surface area contributed by atoms with E-state index in [-0.39, 0.29) is 11.8 Å². The molecule has 7 nitrogen and oxygen atoms in total. The largest absolute Gasteiger partial charge is 0.325 e. The third-order valence-electron chi connectivity index (χ3n) is 4.59. The highest BCUT2D eigenvalue weighted by Crippen LogP contribution is 2.36. The van der Waals surface area contributed by atoms with Gasteiger partial charge in [0, 0.05) is 44.4 Å². The number of carbonyl (C=O) groups is 2. The van der Waals surface area contributed by atoms with Crippen molar-refractivity contribution in [3.8, 4) is 0 Å². The number of fused-ring (bicyclic) bond motifs is 2. The molecule has 0 fully saturated rings. The van der Waals surface area contributed by atoms with Crippen LogP contribution >= 0.6 is 0 Å². The SMILES string of the molecule is CC(=O)Nc1cc2n(n1)CCN2c1ccc2c(c1)CCC(=O)N2C. The van der Waals surface area contributed by atoms with Crippen molar-refractivity contribution < 1.29 is 9.59 Å². The molecule has 3 heterocycles. The lowest BCUT2D eigenvalue weighted by molar-refractivity contribution is -0.118. The first-order valence-corrected chi connectivity index (χ1v) is 8.05. The van der Waals surface area contributed by atoms with E-state index in [1.807, 2.05) is 29.9 Å². The van der Waals surface area contributed by atoms with Crippen molar-refractivity contribution in [1.29, 1.82) is 0 Å². The van der Waals surface area contributed by atoms with Gasteiger partial charge in [-0.1, -0.05) is 0 Å². The predicted molar refractivity (Wildman–Crippen MR) is 91.7 cm³/mol. The van der Waals surface area contributed by atoms with Crippen molar-refractivity contribution >= 4 is 34.8 Å². The zero-order valence-corrected chi connectivity index (χ0v) is 13.7. The Kier molecular flexibility index (Phi) is 3.30. The van der Waals surface area contributed by atoms with E-state index in [4.69, 9.17) is 0 Å². The van der Waals surface area contributed by atoms with Crippen LogP contribution < -0.4 is 15.1 Å². The van der Waals surface area contributed by atoms with Crippen molar-refractivity contribution in [1.82, 2.24) is 9.78 Å². The summed E-state index contributed by atoms with van der Waals surface area (Å²) in [5.41, 5.74) is 3.26. The van der Waals surface area contributed by atoms with Crippen LogP contribution in [-0.4, -0.2) is 35.2 Å². The first-order chi connectivity index (χ1) is 11.5. The number of hydrogen-bond donors (Lipinski definition) is 1. The van der Waals surface area contributed by atoms with Gasteiger partial charge in [0.05, 0.1) is 6.54 Å². The molecule has 7 heteroatoms. The number of carbonyl (C=O) groups excluding carboxylic acids is 2. The molecule has 0 aliphatic carbocycles. The Bertz CT molecular complexity index is 842. The molecule has 0 bridgehead atoms. The van der Waals surface area contributed by atoms with Gasteiger partial charge in [-0.2, -0.15) is 5.10 Å². The fourth-order valence-electron chi connectivity index (χ4n) is 3.41. The molecule has 2 amide bonds. The molecule has 2 aliphatic rings. The number of aromatic nitrogens is 2. The average molecular weight is 325 g/mol. The van der Waals surface area contributed by atoms with Crippen LogP contribution in [0.1, 0.15) is 18.9 Å². The molecule has 24 heavy (non-hydrogen) atoms. The maximum atomic E-state index is 11.8. The molecular weight excluding hydrogens is 306 g/mol. The van der Waals surface area contributed by atoms with Crippen LogP contribution in [0, 0.1) is 0 Å². The highest BCUT2D eigenvalue weighted by molar-refractivity contribution is 5.96. The van der Waals surface area contributed by atoms with Crippen LogP contribution in [0.4, 0.5) is 23.0 Å². The monoisotopic (exact) mass is 325 g/mol. The van der Waals surface area contributed by atoms with Gasteiger partial charge in [-0.15, -0.1) is 0 Å². The van der Waals surface area contributed by atoms with Gasteiger partial charge in [0.15, 0.2) is 5.82 Å². The molecule has 1 aromatic heterocycles. The van der Waals surface area contributed by atoms with Gasteiger partial charge in [-0.05, 0) is 30.2 Å². The second kappa shape index (κ2) is 5.36. The van der Waals surface area contributed by atoms with E-state index in [1.54, 1.807) is 4.90 Å². The number of hydrogen-bond acceptors (Lipinski definition) is 4. The number of amides is 2. The number of nitrogens with zero attached hydrogens (tertiary/aromatic N) is 4. The number of benzene rings is 1. The van der Waals surface area contributed by atoms with Crippen LogP contribution in [0.3, 0.4) is 0 Å². The highest BCUT2D eigenvalue weighted by Gasteiger charge is 2.26. The van der Waals surface area contributed by atoms with Crippen LogP contribution in [0.15, 0.2) is 24.3 Å². The Labute approximate surface area is 139 Å². The number of nitrogens with one attached hydrogen (secondary N) is 1. The Hall–Kier alpha value is -2.83. The van der Waals surface area contributed by atoms with E-state index in [0.717, 1.165) is 36.7 Å². The summed E-state index contributed by atoms with van der Waals surface area (Å²) in [6.45, 7) is 3.10. The van der Waals surface area contributed by atoms with Gasteiger partial charge >= 0.3 is 0 Å². The van der Waals surface area contributed by atoms with Crippen LogP contribution in [-0.2, 0) is 22.6 Å². The van der Waals surface area contributed by atoms with E-state index in [9.17, 15) is 9.59 Å². The average Bonchev–Trinajstić information content (AvgIpc) is 3.10. The smallest absolute Gasteiger partial charge is 0.227 e. The Morgan fingerprint density at radius 1 is 1.21 bits per heavy atom. The second-order valence-electron chi connectivity index (χ2n) is 6.21. The molecule has 0 saturated carbocycles. The first kappa shape index (κ1) is 14.7. The molecule has 0 spiro atoms. The minimum atomic E-state index is -0.125. The van der Waals surface area contributed by atoms with Gasteiger partial charge in [0.2, 0.25) is 11.8 Å². The van der Waals surface area contributed by atoms with Crippen LogP contribution in [0.25, 0.3) is 0 Å². The lowest BCUT2D eigenvalue weighted by atomic mass is 10.0. The molecule has 2 aliphatic heterocycles. The van der Waals surface area contributed by atoms with E-state index < -0.39 is 0 Å². The van der Waals surface area contributed by atoms with Crippen molar-refractivity contribution in [3.05, 3.63) is 29.8 Å². The molecule has 0 unspecified atom stereocenters. The normalized spacial score (nSPS) is 16.2. The van der Waals surface area contributed by atoms with Gasteiger partial charge < -0.3 is 15.1 Å². The molecular formula is C17H19N5O2. The summed E-state index contributed by atoms with van der Waals surface area (Å²) >= 11 is 0. The number of rotatable bonds is 2. The van der Waals surface area contributed by atoms with Crippen LogP contribution in [0.5, 0.6) is 0 Å². The van der Waals surface area contributed by atoms with Gasteiger partial charge in [0.1, 0.15) is 5.82 Å². The highest BCUT2D eigenvalue weighted by atomic mass is 16.2. The molecule has 0 saturated heterocycles. The molecule has 1 aromatic carbocycles. The van der Waals surface area contributed by atoms with Gasteiger partial charge in [-0.3, -0.25) is 9.59 Å². The molecule has 0 atom stereocenters. The third kappa shape index (κ3) is 2.33. The quantitative estimate of drug-likeness (QED) is 0.915. The van der Waals surface area contributed by atoms with Gasteiger partial charge in [-0.25, -0.2) is 4.68 Å². The Morgan fingerprint density at radius 2 is 2.04 bits per heavy atom. The zero-order valence-electron chi connectivity index (χ0n) is 13.7. The first-order valence-electron chi connectivity index (χ1n) is 8.05. The fraction of sp³-hybridized carbons (Fsp3) is 0.353. The summed E-state index contributed by atoms with van der Waals surface area (Å²) in [5, 5.41) is 7.13. The van der Waals surface area contributed by atoms with Crippen molar-refractivity contribution in [2.75, 3.05) is 28.7 Å². The summed E-state index contributed by atoms with van der Waals surface area (Å²) in [5.74, 6) is 1.58. The van der Waals surface area contributed by atoms with E-state index in [1.165, 1.54) is 12.5 Å². The Morgan fingerprint density at radius 3 is 2.83 bits per heavy atom. The van der Waals surface area contributed by atoms with Crippen LogP contribution in [0.2, 0.25) is 0 Å². The Balaban J connectivity index is 1.66. The molecule has 0 radical (unpaired) electrons. The van der Waals surface area contributed by atoms with Crippen molar-refractivity contribution in [2.24, 2.45) is 0 Å². The van der Waals surface area contributed by atoms with Crippen molar-refractivity contribution in [2.45, 2.75) is 26.3 Å². The summed E-state index contributed by atoms with van der Waals surface area (Å²) in [6.07, 6.45) is 1.33. The predicted octanol–water partition coefficient (Wildman–Crippen LogP) is 1.90. The van der Waals surface area contributed by atoms with E-state index in [2.05, 4.69) is 21.4 Å². The summed E-state index contributed by atoms with van der Waals surface area (Å²) < 4.78 is 1.90. The second-order valence-corrected chi connectivity index (χ2v) is 6.21. The summed E-state index contributed by atoms with van der Waals surface area (Å²) in [7, 11) is 1.82. The lowest BCUT2D eigenvalue weighted by Gasteiger charge is -2.27. The van der Waals surface area contributed by atoms with Gasteiger partial charge in [0.25, 0.3) is 0 Å². The number of anilines is 4.